The van der Waals surface area contributed by atoms with Gasteiger partial charge in [-0.25, -0.2) is 4.39 Å². The van der Waals surface area contributed by atoms with Crippen LogP contribution in [0.4, 0.5) is 17.6 Å². The molecular formula is C15H16F4N2O3. The maximum Gasteiger partial charge on any atom is 0.405 e. The topological polar surface area (TPSA) is 69.6 Å². The van der Waals surface area contributed by atoms with E-state index in [2.05, 4.69) is 0 Å². The smallest absolute Gasteiger partial charge is 0.391 e. The average molecular weight is 348 g/mol. The summed E-state index contributed by atoms with van der Waals surface area (Å²) in [4.78, 5) is 24.8. The number of carbonyl (C=O) groups excluding carboxylic acids is 2. The molecule has 0 aromatic heterocycles. The summed E-state index contributed by atoms with van der Waals surface area (Å²) >= 11 is 0. The van der Waals surface area contributed by atoms with Crippen molar-refractivity contribution < 1.29 is 32.3 Å². The second kappa shape index (κ2) is 7.16. The van der Waals surface area contributed by atoms with Crippen molar-refractivity contribution in [2.75, 3.05) is 13.1 Å². The molecule has 0 aliphatic carbocycles. The van der Waals surface area contributed by atoms with E-state index < -0.39 is 48.9 Å². The van der Waals surface area contributed by atoms with Crippen LogP contribution in [-0.2, 0) is 9.59 Å². The number of amides is 2. The molecule has 1 fully saturated rings. The number of hydrogen-bond donors (Lipinski definition) is 2. The van der Waals surface area contributed by atoms with Gasteiger partial charge in [0, 0.05) is 6.54 Å². The Hall–Kier alpha value is -2.16. The van der Waals surface area contributed by atoms with Crippen LogP contribution in [0.5, 0.6) is 0 Å². The number of aliphatic hydroxyl groups is 1. The largest absolute Gasteiger partial charge is 0.405 e. The van der Waals surface area contributed by atoms with E-state index in [0.29, 0.717) is 5.56 Å². The SMILES string of the molecule is O=C(CC(=O)N1C[C@H](O)C[C@@H]1c1cccc(F)c1)NCC(F)(F)F. The quantitative estimate of drug-likeness (QED) is 0.640. The van der Waals surface area contributed by atoms with Crippen molar-refractivity contribution in [3.63, 3.8) is 0 Å². The Balaban J connectivity index is 2.02. The molecule has 24 heavy (non-hydrogen) atoms. The second-order valence-electron chi connectivity index (χ2n) is 5.58. The van der Waals surface area contributed by atoms with Crippen molar-refractivity contribution in [1.29, 1.82) is 0 Å². The van der Waals surface area contributed by atoms with Gasteiger partial charge in [-0.3, -0.25) is 9.59 Å². The summed E-state index contributed by atoms with van der Waals surface area (Å²) in [6, 6.07) is 4.85. The highest BCUT2D eigenvalue weighted by molar-refractivity contribution is 5.97. The standard InChI is InChI=1S/C15H16F4N2O3/c16-10-3-1-2-9(4-10)12-5-11(22)7-21(12)14(24)6-13(23)20-8-15(17,18)19/h1-4,11-12,22H,5-8H2,(H,20,23)/t11-,12-/m1/s1. The van der Waals surface area contributed by atoms with E-state index in [1.807, 2.05) is 0 Å². The highest BCUT2D eigenvalue weighted by atomic mass is 19.4. The van der Waals surface area contributed by atoms with E-state index in [9.17, 15) is 32.3 Å². The Labute approximate surface area is 135 Å². The molecule has 0 radical (unpaired) electrons. The number of likely N-dealkylation sites (tertiary alicyclic amines) is 1. The summed E-state index contributed by atoms with van der Waals surface area (Å²) in [5.41, 5.74) is 0.454. The molecule has 5 nitrogen and oxygen atoms in total. The van der Waals surface area contributed by atoms with Crippen molar-refractivity contribution in [2.45, 2.75) is 31.2 Å². The van der Waals surface area contributed by atoms with Gasteiger partial charge in [0.2, 0.25) is 11.8 Å². The van der Waals surface area contributed by atoms with Gasteiger partial charge in [0.1, 0.15) is 18.8 Å². The predicted molar refractivity (Wildman–Crippen MR) is 75.2 cm³/mol. The summed E-state index contributed by atoms with van der Waals surface area (Å²) < 4.78 is 49.5. The number of nitrogens with zero attached hydrogens (tertiary/aromatic N) is 1. The van der Waals surface area contributed by atoms with Gasteiger partial charge < -0.3 is 15.3 Å². The number of β-amino-alcohol motifs (C(OH)–C–C–N with tert-alkyl or cyclic N) is 1. The lowest BCUT2D eigenvalue weighted by Gasteiger charge is -2.24. The Morgan fingerprint density at radius 1 is 1.33 bits per heavy atom. The van der Waals surface area contributed by atoms with Crippen molar-refractivity contribution in [3.8, 4) is 0 Å². The molecule has 1 aromatic carbocycles. The van der Waals surface area contributed by atoms with E-state index in [1.54, 1.807) is 11.4 Å². The number of carbonyl (C=O) groups is 2. The first-order valence-corrected chi connectivity index (χ1v) is 7.22. The molecule has 2 rings (SSSR count). The van der Waals surface area contributed by atoms with E-state index in [4.69, 9.17) is 0 Å². The Kier molecular flexibility index (Phi) is 5.43. The number of aliphatic hydroxyl groups excluding tert-OH is 1. The molecule has 0 unspecified atom stereocenters. The van der Waals surface area contributed by atoms with Crippen molar-refractivity contribution >= 4 is 11.8 Å². The Bertz CT molecular complexity index is 621. The summed E-state index contributed by atoms with van der Waals surface area (Å²) in [5.74, 6) is -2.29. The number of nitrogens with one attached hydrogen (secondary N) is 1. The third-order valence-electron chi connectivity index (χ3n) is 3.63. The van der Waals surface area contributed by atoms with Crippen LogP contribution in [0.25, 0.3) is 0 Å². The molecule has 2 N–H and O–H groups in total. The van der Waals surface area contributed by atoms with Gasteiger partial charge >= 0.3 is 6.18 Å². The minimum Gasteiger partial charge on any atom is -0.391 e. The summed E-state index contributed by atoms with van der Waals surface area (Å²) in [5, 5.41) is 11.4. The highest BCUT2D eigenvalue weighted by Gasteiger charge is 2.36. The fourth-order valence-corrected chi connectivity index (χ4v) is 2.62. The Morgan fingerprint density at radius 2 is 2.04 bits per heavy atom. The summed E-state index contributed by atoms with van der Waals surface area (Å²) in [7, 11) is 0. The molecule has 2 atom stereocenters. The summed E-state index contributed by atoms with van der Waals surface area (Å²) in [6.45, 7) is -1.58. The molecule has 0 spiro atoms. The van der Waals surface area contributed by atoms with E-state index in [-0.39, 0.29) is 13.0 Å². The lowest BCUT2D eigenvalue weighted by Crippen LogP contribution is -2.39. The number of benzene rings is 1. The first kappa shape index (κ1) is 18.2. The maximum atomic E-state index is 13.3. The van der Waals surface area contributed by atoms with Gasteiger partial charge in [0.05, 0.1) is 12.1 Å². The van der Waals surface area contributed by atoms with Crippen LogP contribution in [0.2, 0.25) is 0 Å². The number of halogens is 4. The molecule has 1 saturated heterocycles. The molecule has 2 amide bonds. The van der Waals surface area contributed by atoms with Crippen LogP contribution in [0.1, 0.15) is 24.4 Å². The van der Waals surface area contributed by atoms with Crippen LogP contribution in [-0.4, -0.2) is 47.2 Å². The van der Waals surface area contributed by atoms with Gasteiger partial charge in [0.25, 0.3) is 0 Å². The van der Waals surface area contributed by atoms with Gasteiger partial charge in [-0.05, 0) is 24.1 Å². The maximum absolute atomic E-state index is 13.3. The fraction of sp³-hybridized carbons (Fsp3) is 0.467. The first-order chi connectivity index (χ1) is 11.2. The van der Waals surface area contributed by atoms with Crippen molar-refractivity contribution in [2.24, 2.45) is 0 Å². The summed E-state index contributed by atoms with van der Waals surface area (Å²) in [6.07, 6.45) is -6.01. The molecule has 1 aromatic rings. The molecular weight excluding hydrogens is 332 g/mol. The van der Waals surface area contributed by atoms with Gasteiger partial charge in [-0.2, -0.15) is 13.2 Å². The zero-order valence-corrected chi connectivity index (χ0v) is 12.5. The second-order valence-corrected chi connectivity index (χ2v) is 5.58. The number of alkyl halides is 3. The molecule has 0 saturated carbocycles. The monoisotopic (exact) mass is 348 g/mol. The molecule has 9 heteroatoms. The van der Waals surface area contributed by atoms with Crippen LogP contribution in [0, 0.1) is 5.82 Å². The van der Waals surface area contributed by atoms with Crippen molar-refractivity contribution in [3.05, 3.63) is 35.6 Å². The van der Waals surface area contributed by atoms with Crippen LogP contribution < -0.4 is 5.32 Å². The molecule has 1 heterocycles. The number of rotatable bonds is 4. The minimum absolute atomic E-state index is 0.0629. The molecule has 1 aliphatic rings. The molecule has 0 bridgehead atoms. The molecule has 1 aliphatic heterocycles. The first-order valence-electron chi connectivity index (χ1n) is 7.22. The molecule has 132 valence electrons. The predicted octanol–water partition coefficient (Wildman–Crippen LogP) is 1.53. The van der Waals surface area contributed by atoms with Crippen LogP contribution in [0.15, 0.2) is 24.3 Å². The minimum atomic E-state index is -4.56. The van der Waals surface area contributed by atoms with Gasteiger partial charge in [-0.15, -0.1) is 0 Å². The highest BCUT2D eigenvalue weighted by Crippen LogP contribution is 2.32. The number of hydrogen-bond acceptors (Lipinski definition) is 3. The Morgan fingerprint density at radius 3 is 2.67 bits per heavy atom. The van der Waals surface area contributed by atoms with E-state index in [0.717, 1.165) is 0 Å². The van der Waals surface area contributed by atoms with Gasteiger partial charge in [-0.1, -0.05) is 12.1 Å². The zero-order valence-electron chi connectivity index (χ0n) is 12.5. The fourth-order valence-electron chi connectivity index (χ4n) is 2.62. The zero-order chi connectivity index (χ0) is 17.9. The van der Waals surface area contributed by atoms with Crippen LogP contribution >= 0.6 is 0 Å². The lowest BCUT2D eigenvalue weighted by atomic mass is 10.0. The van der Waals surface area contributed by atoms with Crippen LogP contribution in [0.3, 0.4) is 0 Å². The van der Waals surface area contributed by atoms with Crippen molar-refractivity contribution in [1.82, 2.24) is 10.2 Å². The third kappa shape index (κ3) is 4.92. The van der Waals surface area contributed by atoms with E-state index in [1.165, 1.54) is 23.1 Å². The normalized spacial score (nSPS) is 21.0. The third-order valence-corrected chi connectivity index (χ3v) is 3.63. The lowest BCUT2D eigenvalue weighted by molar-refractivity contribution is -0.143. The van der Waals surface area contributed by atoms with E-state index >= 15 is 0 Å². The van der Waals surface area contributed by atoms with Gasteiger partial charge in [0.15, 0.2) is 0 Å². The average Bonchev–Trinajstić information content (AvgIpc) is 2.87.